The largest absolute Gasteiger partial charge is 0.382 e. The van der Waals surface area contributed by atoms with Crippen LogP contribution in [0, 0.1) is 0 Å². The van der Waals surface area contributed by atoms with E-state index in [9.17, 15) is 0 Å². The minimum Gasteiger partial charge on any atom is -0.382 e. The third-order valence-electron chi connectivity index (χ3n) is 2.84. The zero-order valence-corrected chi connectivity index (χ0v) is 16.4. The minimum absolute atomic E-state index is 0. The van der Waals surface area contributed by atoms with Crippen LogP contribution in [0.25, 0.3) is 0 Å². The van der Waals surface area contributed by atoms with Crippen molar-refractivity contribution in [3.63, 3.8) is 0 Å². The van der Waals surface area contributed by atoms with Crippen LogP contribution in [-0.2, 0) is 16.0 Å². The van der Waals surface area contributed by atoms with Crippen molar-refractivity contribution in [2.45, 2.75) is 6.54 Å². The quantitative estimate of drug-likeness (QED) is 0.292. The molecule has 22 heavy (non-hydrogen) atoms. The lowest BCUT2D eigenvalue weighted by molar-refractivity contribution is 0.0731. The standard InChI is InChI=1S/C15H24ClN3O2.HI/c1-17-15(18-7-8-21-10-9-20-3)19(2)12-13-5-4-6-14(16)11-13;/h4-6,11H,7-10,12H2,1-3H3,(H,17,18);1H. The number of ether oxygens (including phenoxy) is 2. The van der Waals surface area contributed by atoms with E-state index in [1.54, 1.807) is 14.2 Å². The second kappa shape index (κ2) is 12.9. The van der Waals surface area contributed by atoms with E-state index in [0.717, 1.165) is 23.1 Å². The molecule has 1 aromatic rings. The Balaban J connectivity index is 0.00000441. The van der Waals surface area contributed by atoms with E-state index in [0.29, 0.717) is 26.4 Å². The van der Waals surface area contributed by atoms with Gasteiger partial charge in [0.25, 0.3) is 0 Å². The van der Waals surface area contributed by atoms with Gasteiger partial charge in [0.05, 0.1) is 19.8 Å². The van der Waals surface area contributed by atoms with E-state index < -0.39 is 0 Å². The Morgan fingerprint density at radius 1 is 1.32 bits per heavy atom. The average Bonchev–Trinajstić information content (AvgIpc) is 2.46. The summed E-state index contributed by atoms with van der Waals surface area (Å²) < 4.78 is 10.3. The van der Waals surface area contributed by atoms with Gasteiger partial charge in [-0.15, -0.1) is 24.0 Å². The van der Waals surface area contributed by atoms with E-state index in [1.165, 1.54) is 0 Å². The van der Waals surface area contributed by atoms with Crippen LogP contribution in [0.4, 0.5) is 0 Å². The van der Waals surface area contributed by atoms with Crippen LogP contribution in [-0.4, -0.2) is 58.4 Å². The van der Waals surface area contributed by atoms with Crippen LogP contribution in [0.2, 0.25) is 5.02 Å². The molecule has 1 N–H and O–H groups in total. The number of nitrogens with zero attached hydrogens (tertiary/aromatic N) is 2. The van der Waals surface area contributed by atoms with Crippen LogP contribution in [0.5, 0.6) is 0 Å². The summed E-state index contributed by atoms with van der Waals surface area (Å²) in [6, 6.07) is 7.82. The van der Waals surface area contributed by atoms with Crippen molar-refractivity contribution in [3.05, 3.63) is 34.9 Å². The fraction of sp³-hybridized carbons (Fsp3) is 0.533. The molecule has 1 rings (SSSR count). The first-order chi connectivity index (χ1) is 10.2. The predicted molar refractivity (Wildman–Crippen MR) is 102 cm³/mol. The predicted octanol–water partition coefficient (Wildman–Crippen LogP) is 2.63. The van der Waals surface area contributed by atoms with Crippen molar-refractivity contribution >= 4 is 41.5 Å². The van der Waals surface area contributed by atoms with Crippen molar-refractivity contribution in [1.29, 1.82) is 0 Å². The van der Waals surface area contributed by atoms with E-state index in [-0.39, 0.29) is 24.0 Å². The van der Waals surface area contributed by atoms with Crippen LogP contribution in [0.15, 0.2) is 29.3 Å². The number of benzene rings is 1. The van der Waals surface area contributed by atoms with Crippen LogP contribution >= 0.6 is 35.6 Å². The lowest BCUT2D eigenvalue weighted by Gasteiger charge is -2.22. The maximum absolute atomic E-state index is 5.99. The molecule has 7 heteroatoms. The monoisotopic (exact) mass is 441 g/mol. The van der Waals surface area contributed by atoms with Gasteiger partial charge in [0.2, 0.25) is 0 Å². The van der Waals surface area contributed by atoms with E-state index in [4.69, 9.17) is 21.1 Å². The Labute approximate surface area is 155 Å². The smallest absolute Gasteiger partial charge is 0.193 e. The van der Waals surface area contributed by atoms with Crippen molar-refractivity contribution in [1.82, 2.24) is 10.2 Å². The molecule has 0 saturated heterocycles. The molecule has 0 spiro atoms. The van der Waals surface area contributed by atoms with Crippen LogP contribution < -0.4 is 5.32 Å². The summed E-state index contributed by atoms with van der Waals surface area (Å²) >= 11 is 5.99. The highest BCUT2D eigenvalue weighted by molar-refractivity contribution is 14.0. The molecular formula is C15H25ClIN3O2. The number of nitrogens with one attached hydrogen (secondary N) is 1. The number of rotatable bonds is 8. The summed E-state index contributed by atoms with van der Waals surface area (Å²) in [5.41, 5.74) is 1.14. The number of methoxy groups -OCH3 is 1. The molecule has 0 atom stereocenters. The third-order valence-corrected chi connectivity index (χ3v) is 3.08. The zero-order chi connectivity index (χ0) is 15.5. The molecule has 0 unspecified atom stereocenters. The van der Waals surface area contributed by atoms with Gasteiger partial charge in [-0.2, -0.15) is 0 Å². The molecule has 0 aliphatic carbocycles. The summed E-state index contributed by atoms with van der Waals surface area (Å²) in [6.07, 6.45) is 0. The first-order valence-electron chi connectivity index (χ1n) is 6.90. The molecule has 0 aliphatic rings. The van der Waals surface area contributed by atoms with Gasteiger partial charge in [0.1, 0.15) is 0 Å². The van der Waals surface area contributed by atoms with Gasteiger partial charge >= 0.3 is 0 Å². The van der Waals surface area contributed by atoms with Crippen molar-refractivity contribution in [3.8, 4) is 0 Å². The second-order valence-electron chi connectivity index (χ2n) is 4.57. The molecule has 0 fully saturated rings. The average molecular weight is 442 g/mol. The summed E-state index contributed by atoms with van der Waals surface area (Å²) in [7, 11) is 5.42. The van der Waals surface area contributed by atoms with Crippen molar-refractivity contribution in [2.75, 3.05) is 47.6 Å². The van der Waals surface area contributed by atoms with Gasteiger partial charge in [0.15, 0.2) is 5.96 Å². The summed E-state index contributed by atoms with van der Waals surface area (Å²) in [4.78, 5) is 6.30. The van der Waals surface area contributed by atoms with Gasteiger partial charge in [0, 0.05) is 39.3 Å². The van der Waals surface area contributed by atoms with Crippen molar-refractivity contribution in [2.24, 2.45) is 4.99 Å². The number of halogens is 2. The van der Waals surface area contributed by atoms with E-state index in [2.05, 4.69) is 10.3 Å². The molecule has 0 saturated carbocycles. The lowest BCUT2D eigenvalue weighted by atomic mass is 10.2. The maximum atomic E-state index is 5.99. The van der Waals surface area contributed by atoms with E-state index >= 15 is 0 Å². The topological polar surface area (TPSA) is 46.1 Å². The molecule has 1 aromatic carbocycles. The number of guanidine groups is 1. The normalized spacial score (nSPS) is 11.0. The number of hydrogen-bond acceptors (Lipinski definition) is 3. The molecular weight excluding hydrogens is 417 g/mol. The number of aliphatic imine (C=N–C) groups is 1. The Hall–Kier alpha value is -0.570. The molecule has 0 heterocycles. The van der Waals surface area contributed by atoms with Crippen molar-refractivity contribution < 1.29 is 9.47 Å². The van der Waals surface area contributed by atoms with E-state index in [1.807, 2.05) is 36.2 Å². The molecule has 0 amide bonds. The first kappa shape index (κ1) is 21.4. The molecule has 0 aliphatic heterocycles. The highest BCUT2D eigenvalue weighted by Gasteiger charge is 2.06. The Morgan fingerprint density at radius 2 is 2.09 bits per heavy atom. The minimum atomic E-state index is 0. The van der Waals surface area contributed by atoms with Gasteiger partial charge < -0.3 is 19.7 Å². The highest BCUT2D eigenvalue weighted by Crippen LogP contribution is 2.12. The molecule has 0 aromatic heterocycles. The Kier molecular flexibility index (Phi) is 12.6. The fourth-order valence-electron chi connectivity index (χ4n) is 1.85. The van der Waals surface area contributed by atoms with Gasteiger partial charge in [-0.05, 0) is 17.7 Å². The summed E-state index contributed by atoms with van der Waals surface area (Å²) in [5.74, 6) is 0.824. The highest BCUT2D eigenvalue weighted by atomic mass is 127. The molecule has 0 bridgehead atoms. The van der Waals surface area contributed by atoms with Crippen LogP contribution in [0.1, 0.15) is 5.56 Å². The third kappa shape index (κ3) is 8.77. The first-order valence-corrected chi connectivity index (χ1v) is 7.28. The molecule has 126 valence electrons. The summed E-state index contributed by atoms with van der Waals surface area (Å²) in [6.45, 7) is 3.28. The summed E-state index contributed by atoms with van der Waals surface area (Å²) in [5, 5.41) is 4.00. The van der Waals surface area contributed by atoms with Crippen LogP contribution in [0.3, 0.4) is 0 Å². The number of hydrogen-bond donors (Lipinski definition) is 1. The molecule has 5 nitrogen and oxygen atoms in total. The van der Waals surface area contributed by atoms with Gasteiger partial charge in [-0.3, -0.25) is 4.99 Å². The lowest BCUT2D eigenvalue weighted by Crippen LogP contribution is -2.40. The zero-order valence-electron chi connectivity index (χ0n) is 13.3. The molecule has 0 radical (unpaired) electrons. The van der Waals surface area contributed by atoms with Gasteiger partial charge in [-0.1, -0.05) is 23.7 Å². The van der Waals surface area contributed by atoms with Gasteiger partial charge in [-0.25, -0.2) is 0 Å². The maximum Gasteiger partial charge on any atom is 0.193 e. The Morgan fingerprint density at radius 3 is 2.73 bits per heavy atom. The SMILES string of the molecule is CN=C(NCCOCCOC)N(C)Cc1cccc(Cl)c1.I. The fourth-order valence-corrected chi connectivity index (χ4v) is 2.06. The Bertz CT molecular complexity index is 447. The second-order valence-corrected chi connectivity index (χ2v) is 5.00.